The molecule has 1 aliphatic heterocycles. The molecule has 0 saturated carbocycles. The van der Waals surface area contributed by atoms with Gasteiger partial charge in [0, 0.05) is 34.9 Å². The summed E-state index contributed by atoms with van der Waals surface area (Å²) in [5.41, 5.74) is 5.76. The van der Waals surface area contributed by atoms with Crippen LogP contribution in [0.4, 0.5) is 5.69 Å². The molecule has 1 atom stereocenters. The minimum atomic E-state index is -0.784. The number of nitrogens with zero attached hydrogens (tertiary/aromatic N) is 3. The van der Waals surface area contributed by atoms with Crippen LogP contribution in [-0.4, -0.2) is 29.3 Å². The van der Waals surface area contributed by atoms with E-state index < -0.39 is 6.04 Å². The fraction of sp³-hybridized carbons (Fsp3) is 0.154. The van der Waals surface area contributed by atoms with Gasteiger partial charge in [-0.3, -0.25) is 14.2 Å². The number of aromatic nitrogens is 2. The first-order chi connectivity index (χ1) is 24.2. The number of rotatable bonds is 8. The number of fused-ring (bicyclic) bond motifs is 2. The van der Waals surface area contributed by atoms with Crippen LogP contribution in [0.3, 0.4) is 0 Å². The molecule has 252 valence electrons. The van der Waals surface area contributed by atoms with Gasteiger partial charge in [-0.15, -0.1) is 0 Å². The molecule has 3 heterocycles. The lowest BCUT2D eigenvalue weighted by atomic mass is 9.94. The highest BCUT2D eigenvalue weighted by Crippen LogP contribution is 2.36. The number of methoxy groups -OCH3 is 2. The maximum atomic E-state index is 14.5. The fourth-order valence-corrected chi connectivity index (χ4v) is 7.71. The Labute approximate surface area is 302 Å². The molecule has 0 bridgehead atoms. The van der Waals surface area contributed by atoms with Crippen molar-refractivity contribution >= 4 is 63.1 Å². The van der Waals surface area contributed by atoms with E-state index in [2.05, 4.69) is 9.88 Å². The van der Waals surface area contributed by atoms with E-state index in [1.165, 1.54) is 11.3 Å². The number of amides is 1. The first-order valence-electron chi connectivity index (χ1n) is 15.8. The second kappa shape index (κ2) is 13.7. The van der Waals surface area contributed by atoms with Gasteiger partial charge in [-0.1, -0.05) is 83.1 Å². The topological polar surface area (TPSA) is 86.9 Å². The van der Waals surface area contributed by atoms with Crippen LogP contribution in [0, 0.1) is 6.92 Å². The molecule has 11 heteroatoms. The predicted octanol–water partition coefficient (Wildman–Crippen LogP) is 7.51. The number of aryl methyl sites for hydroxylation is 1. The number of hydrogen-bond acceptors (Lipinski definition) is 6. The van der Waals surface area contributed by atoms with Crippen molar-refractivity contribution < 1.29 is 14.3 Å². The normalized spacial score (nSPS) is 14.4. The summed E-state index contributed by atoms with van der Waals surface area (Å²) >= 11 is 13.8. The average Bonchev–Trinajstić information content (AvgIpc) is 3.61. The molecule has 0 radical (unpaired) electrons. The van der Waals surface area contributed by atoms with Crippen LogP contribution in [0.15, 0.2) is 112 Å². The Morgan fingerprint density at radius 2 is 1.70 bits per heavy atom. The highest BCUT2D eigenvalue weighted by atomic mass is 35.5. The average molecular weight is 724 g/mol. The molecule has 50 heavy (non-hydrogen) atoms. The third kappa shape index (κ3) is 6.13. The lowest BCUT2D eigenvalue weighted by molar-refractivity contribution is -0.113. The Morgan fingerprint density at radius 1 is 0.940 bits per heavy atom. The summed E-state index contributed by atoms with van der Waals surface area (Å²) in [4.78, 5) is 33.9. The van der Waals surface area contributed by atoms with Crippen LogP contribution >= 0.6 is 34.5 Å². The predicted molar refractivity (Wildman–Crippen MR) is 201 cm³/mol. The van der Waals surface area contributed by atoms with Gasteiger partial charge in [-0.05, 0) is 73.0 Å². The summed E-state index contributed by atoms with van der Waals surface area (Å²) < 4.78 is 15.3. The van der Waals surface area contributed by atoms with E-state index >= 15 is 0 Å². The highest BCUT2D eigenvalue weighted by molar-refractivity contribution is 7.07. The second-order valence-corrected chi connectivity index (χ2v) is 13.8. The van der Waals surface area contributed by atoms with Crippen LogP contribution in [-0.2, 0) is 11.3 Å². The zero-order valence-electron chi connectivity index (χ0n) is 27.7. The van der Waals surface area contributed by atoms with Crippen LogP contribution in [0.1, 0.15) is 35.2 Å². The van der Waals surface area contributed by atoms with E-state index in [9.17, 15) is 9.59 Å². The van der Waals surface area contributed by atoms with Crippen molar-refractivity contribution in [3.63, 3.8) is 0 Å². The molecule has 1 amide bonds. The third-order valence-electron chi connectivity index (χ3n) is 8.83. The molecule has 6 aromatic rings. The quantitative estimate of drug-likeness (QED) is 0.176. The van der Waals surface area contributed by atoms with Crippen LogP contribution in [0.5, 0.6) is 11.5 Å². The minimum absolute atomic E-state index is 0.261. The van der Waals surface area contributed by atoms with Gasteiger partial charge >= 0.3 is 0 Å². The lowest BCUT2D eigenvalue weighted by Crippen LogP contribution is -2.40. The molecule has 0 spiro atoms. The SMILES string of the molecule is COc1ccc(C2C(C(=O)Nc3ccccc3C)=C(C)N=c3sc(=Cc4cn(Cc5ccc(Cl)c(Cl)c5)c5ccccc45)c(=O)n32)cc1OC. The van der Waals surface area contributed by atoms with Crippen molar-refractivity contribution in [3.05, 3.63) is 154 Å². The van der Waals surface area contributed by atoms with Crippen LogP contribution < -0.4 is 29.7 Å². The third-order valence-corrected chi connectivity index (χ3v) is 10.5. The number of allylic oxidation sites excluding steroid dienone is 1. The van der Waals surface area contributed by atoms with E-state index in [0.29, 0.717) is 59.9 Å². The van der Waals surface area contributed by atoms with E-state index in [-0.39, 0.29) is 11.5 Å². The molecule has 8 nitrogen and oxygen atoms in total. The number of nitrogens with one attached hydrogen (secondary N) is 1. The van der Waals surface area contributed by atoms with E-state index in [1.54, 1.807) is 43.9 Å². The fourth-order valence-electron chi connectivity index (χ4n) is 6.35. The summed E-state index contributed by atoms with van der Waals surface area (Å²) in [7, 11) is 3.12. The minimum Gasteiger partial charge on any atom is -0.493 e. The van der Waals surface area contributed by atoms with Gasteiger partial charge in [-0.25, -0.2) is 4.99 Å². The molecule has 0 fully saturated rings. The molecule has 2 aromatic heterocycles. The van der Waals surface area contributed by atoms with E-state index in [4.69, 9.17) is 37.7 Å². The van der Waals surface area contributed by atoms with Gasteiger partial charge in [0.2, 0.25) is 0 Å². The summed E-state index contributed by atoms with van der Waals surface area (Å²) in [6, 6.07) is 25.8. The van der Waals surface area contributed by atoms with Crippen molar-refractivity contribution in [2.75, 3.05) is 19.5 Å². The smallest absolute Gasteiger partial charge is 0.271 e. The number of ether oxygens (including phenoxy) is 2. The molecule has 7 rings (SSSR count). The first kappa shape index (κ1) is 33.4. The molecule has 1 unspecified atom stereocenters. The summed E-state index contributed by atoms with van der Waals surface area (Å²) in [5, 5.41) is 5.04. The Morgan fingerprint density at radius 3 is 2.46 bits per heavy atom. The van der Waals surface area contributed by atoms with Crippen LogP contribution in [0.25, 0.3) is 17.0 Å². The van der Waals surface area contributed by atoms with Crippen LogP contribution in [0.2, 0.25) is 10.0 Å². The second-order valence-electron chi connectivity index (χ2n) is 11.9. The number of halogens is 2. The van der Waals surface area contributed by atoms with Crippen molar-refractivity contribution in [1.82, 2.24) is 9.13 Å². The number of thiazole rings is 1. The Balaban J connectivity index is 1.37. The molecule has 1 N–H and O–H groups in total. The van der Waals surface area contributed by atoms with Gasteiger partial charge in [0.1, 0.15) is 0 Å². The first-order valence-corrected chi connectivity index (χ1v) is 17.4. The van der Waals surface area contributed by atoms with Gasteiger partial charge in [-0.2, -0.15) is 0 Å². The monoisotopic (exact) mass is 722 g/mol. The Kier molecular flexibility index (Phi) is 9.13. The molecular weight excluding hydrogens is 691 g/mol. The molecular formula is C39H32Cl2N4O4S. The van der Waals surface area contributed by atoms with Gasteiger partial charge < -0.3 is 19.4 Å². The Hall–Kier alpha value is -5.09. The van der Waals surface area contributed by atoms with Crippen molar-refractivity contribution in [1.29, 1.82) is 0 Å². The zero-order chi connectivity index (χ0) is 35.1. The zero-order valence-corrected chi connectivity index (χ0v) is 30.0. The molecule has 0 saturated heterocycles. The summed E-state index contributed by atoms with van der Waals surface area (Å²) in [6.45, 7) is 4.29. The van der Waals surface area contributed by atoms with Gasteiger partial charge in [0.05, 0.1) is 46.1 Å². The standard InChI is InChI=1S/C39H32Cl2N4O4S/c1-22-9-5-7-11-30(22)43-37(46)35-23(2)42-39-45(36(35)25-14-16-32(48-3)33(18-25)49-4)38(47)34(50-39)19-26-21-44(31-12-8-6-10-27(26)31)20-24-13-15-28(40)29(41)17-24/h5-19,21,36H,20H2,1-4H3,(H,43,46). The lowest BCUT2D eigenvalue weighted by Gasteiger charge is -2.26. The highest BCUT2D eigenvalue weighted by Gasteiger charge is 2.33. The molecule has 4 aromatic carbocycles. The van der Waals surface area contributed by atoms with Gasteiger partial charge in [0.25, 0.3) is 11.5 Å². The molecule has 1 aliphatic rings. The molecule has 0 aliphatic carbocycles. The number of carbonyl (C=O) groups is 1. The van der Waals surface area contributed by atoms with Crippen molar-refractivity contribution in [2.45, 2.75) is 26.4 Å². The number of benzene rings is 4. The maximum Gasteiger partial charge on any atom is 0.271 e. The van der Waals surface area contributed by atoms with E-state index in [1.807, 2.05) is 85.9 Å². The van der Waals surface area contributed by atoms with Crippen molar-refractivity contribution in [3.8, 4) is 11.5 Å². The summed E-state index contributed by atoms with van der Waals surface area (Å²) in [5.74, 6) is 0.669. The Bertz CT molecular complexity index is 2530. The number of hydrogen-bond donors (Lipinski definition) is 1. The number of carbonyl (C=O) groups excluding carboxylic acids is 1. The summed E-state index contributed by atoms with van der Waals surface area (Å²) in [6.07, 6.45) is 3.93. The largest absolute Gasteiger partial charge is 0.493 e. The maximum absolute atomic E-state index is 14.5. The van der Waals surface area contributed by atoms with E-state index in [0.717, 1.165) is 27.6 Å². The van der Waals surface area contributed by atoms with Gasteiger partial charge in [0.15, 0.2) is 16.3 Å². The van der Waals surface area contributed by atoms with Crippen molar-refractivity contribution in [2.24, 2.45) is 4.99 Å². The number of para-hydroxylation sites is 2. The number of anilines is 1.